The van der Waals surface area contributed by atoms with Gasteiger partial charge in [-0.2, -0.15) is 0 Å². The number of carbonyl (C=O) groups excluding carboxylic acids is 3. The standard InChI is InChI=1S/C29H33N3O4S/c1-20-14-16-24(17-15-20)30-27(33)18-37(36)19-28(34)32(21(2)29(35)31-23-10-4-5-11-23)26-13-7-9-22-8-3-6-12-25(22)26/h3,6-9,12-17,21,23H,4-5,10-11,18-19H2,1-2H3,(H,30,33)(H,31,35)/t21-,37+/m0/s1. The quantitative estimate of drug-likeness (QED) is 0.440. The molecule has 8 heteroatoms. The molecule has 0 heterocycles. The molecule has 3 aromatic carbocycles. The molecule has 0 radical (unpaired) electrons. The van der Waals surface area contributed by atoms with Crippen LogP contribution in [-0.2, 0) is 25.2 Å². The lowest BCUT2D eigenvalue weighted by molar-refractivity contribution is -0.125. The van der Waals surface area contributed by atoms with E-state index >= 15 is 0 Å². The van der Waals surface area contributed by atoms with E-state index in [1.165, 1.54) is 4.90 Å². The number of nitrogens with one attached hydrogen (secondary N) is 2. The molecule has 3 amide bonds. The van der Waals surface area contributed by atoms with Crippen LogP contribution in [0.5, 0.6) is 0 Å². The number of fused-ring (bicyclic) bond motifs is 1. The van der Waals surface area contributed by atoms with Gasteiger partial charge in [0, 0.05) is 27.9 Å². The molecule has 0 aromatic heterocycles. The number of aryl methyl sites for hydroxylation is 1. The SMILES string of the molecule is Cc1ccc(NC(=O)C[S@@](=O)CC(=O)N(c2cccc3ccccc23)[C@@H](C)C(=O)NC2CCCC2)cc1. The Kier molecular flexibility index (Phi) is 8.71. The van der Waals surface area contributed by atoms with Crippen molar-refractivity contribution in [3.63, 3.8) is 0 Å². The minimum atomic E-state index is -1.75. The van der Waals surface area contributed by atoms with Gasteiger partial charge in [0.15, 0.2) is 0 Å². The first kappa shape index (κ1) is 26.5. The Morgan fingerprint density at radius 2 is 1.62 bits per heavy atom. The summed E-state index contributed by atoms with van der Waals surface area (Å²) in [5, 5.41) is 7.55. The average molecular weight is 520 g/mol. The maximum absolute atomic E-state index is 13.6. The first-order valence-electron chi connectivity index (χ1n) is 12.6. The lowest BCUT2D eigenvalue weighted by Crippen LogP contribution is -2.51. The molecule has 4 rings (SSSR count). The Hall–Kier alpha value is -3.52. The van der Waals surface area contributed by atoms with E-state index in [0.717, 1.165) is 42.0 Å². The number of carbonyl (C=O) groups is 3. The summed E-state index contributed by atoms with van der Waals surface area (Å²) in [6, 6.07) is 19.8. The zero-order valence-electron chi connectivity index (χ0n) is 21.2. The molecule has 0 saturated heterocycles. The summed E-state index contributed by atoms with van der Waals surface area (Å²) < 4.78 is 12.9. The van der Waals surface area contributed by atoms with Crippen molar-refractivity contribution >= 4 is 50.7 Å². The van der Waals surface area contributed by atoms with Crippen molar-refractivity contribution in [3.05, 3.63) is 72.3 Å². The number of amides is 3. The molecule has 0 bridgehead atoms. The predicted octanol–water partition coefficient (Wildman–Crippen LogP) is 4.32. The van der Waals surface area contributed by atoms with Crippen molar-refractivity contribution in [2.24, 2.45) is 0 Å². The fourth-order valence-corrected chi connectivity index (χ4v) is 5.61. The van der Waals surface area contributed by atoms with Crippen molar-refractivity contribution in [2.45, 2.75) is 51.6 Å². The highest BCUT2D eigenvalue weighted by atomic mass is 32.2. The molecular formula is C29H33N3O4S. The number of benzene rings is 3. The second-order valence-corrected chi connectivity index (χ2v) is 11.0. The fraction of sp³-hybridized carbons (Fsp3) is 0.345. The van der Waals surface area contributed by atoms with E-state index in [1.54, 1.807) is 25.1 Å². The molecule has 2 atom stereocenters. The van der Waals surface area contributed by atoms with Crippen LogP contribution in [0, 0.1) is 6.92 Å². The molecule has 7 nitrogen and oxygen atoms in total. The molecule has 0 aliphatic heterocycles. The summed E-state index contributed by atoms with van der Waals surface area (Å²) in [6.07, 6.45) is 4.02. The Labute approximate surface area is 220 Å². The molecule has 1 saturated carbocycles. The monoisotopic (exact) mass is 519 g/mol. The van der Waals surface area contributed by atoms with Crippen molar-refractivity contribution in [3.8, 4) is 0 Å². The van der Waals surface area contributed by atoms with Crippen LogP contribution in [0.4, 0.5) is 11.4 Å². The van der Waals surface area contributed by atoms with Crippen LogP contribution < -0.4 is 15.5 Å². The lowest BCUT2D eigenvalue weighted by Gasteiger charge is -2.30. The third-order valence-corrected chi connectivity index (χ3v) is 7.83. The van der Waals surface area contributed by atoms with Crippen LogP contribution in [0.15, 0.2) is 66.7 Å². The molecule has 1 aliphatic rings. The van der Waals surface area contributed by atoms with E-state index in [0.29, 0.717) is 11.4 Å². The Bertz CT molecular complexity index is 1300. The highest BCUT2D eigenvalue weighted by Crippen LogP contribution is 2.29. The van der Waals surface area contributed by atoms with Gasteiger partial charge in [-0.05, 0) is 50.3 Å². The van der Waals surface area contributed by atoms with Crippen LogP contribution in [0.1, 0.15) is 38.2 Å². The van der Waals surface area contributed by atoms with Crippen molar-refractivity contribution in [2.75, 3.05) is 21.7 Å². The molecule has 3 aromatic rings. The summed E-state index contributed by atoms with van der Waals surface area (Å²) in [5.74, 6) is -1.82. The summed E-state index contributed by atoms with van der Waals surface area (Å²) in [4.78, 5) is 40.7. The Morgan fingerprint density at radius 3 is 2.35 bits per heavy atom. The maximum atomic E-state index is 13.6. The van der Waals surface area contributed by atoms with E-state index in [-0.39, 0.29) is 23.5 Å². The van der Waals surface area contributed by atoms with Crippen LogP contribution >= 0.6 is 0 Å². The molecule has 2 N–H and O–H groups in total. The van der Waals surface area contributed by atoms with Gasteiger partial charge in [-0.3, -0.25) is 23.5 Å². The van der Waals surface area contributed by atoms with E-state index in [4.69, 9.17) is 0 Å². The first-order chi connectivity index (χ1) is 17.8. The smallest absolute Gasteiger partial charge is 0.243 e. The summed E-state index contributed by atoms with van der Waals surface area (Å²) in [6.45, 7) is 3.64. The minimum absolute atomic E-state index is 0.110. The molecule has 0 spiro atoms. The predicted molar refractivity (Wildman–Crippen MR) is 149 cm³/mol. The molecule has 1 fully saturated rings. The second kappa shape index (κ2) is 12.1. The highest BCUT2D eigenvalue weighted by Gasteiger charge is 2.31. The van der Waals surface area contributed by atoms with Gasteiger partial charge in [0.25, 0.3) is 0 Å². The number of anilines is 2. The number of rotatable bonds is 9. The van der Waals surface area contributed by atoms with Gasteiger partial charge in [0.1, 0.15) is 17.5 Å². The van der Waals surface area contributed by atoms with Gasteiger partial charge in [0.05, 0.1) is 5.69 Å². The van der Waals surface area contributed by atoms with Gasteiger partial charge < -0.3 is 10.6 Å². The van der Waals surface area contributed by atoms with E-state index < -0.39 is 28.7 Å². The van der Waals surface area contributed by atoms with E-state index in [2.05, 4.69) is 10.6 Å². The molecule has 194 valence electrons. The highest BCUT2D eigenvalue weighted by molar-refractivity contribution is 7.86. The molecule has 0 unspecified atom stereocenters. The van der Waals surface area contributed by atoms with Crippen molar-refractivity contribution < 1.29 is 18.6 Å². The largest absolute Gasteiger partial charge is 0.352 e. The van der Waals surface area contributed by atoms with Crippen LogP contribution in [-0.4, -0.2) is 45.5 Å². The zero-order chi connectivity index (χ0) is 26.4. The van der Waals surface area contributed by atoms with Crippen LogP contribution in [0.2, 0.25) is 0 Å². The van der Waals surface area contributed by atoms with Gasteiger partial charge >= 0.3 is 0 Å². The summed E-state index contributed by atoms with van der Waals surface area (Å²) >= 11 is 0. The number of hydrogen-bond donors (Lipinski definition) is 2. The molecule has 1 aliphatic carbocycles. The van der Waals surface area contributed by atoms with Gasteiger partial charge in [0.2, 0.25) is 17.7 Å². The normalized spacial score (nSPS) is 15.2. The van der Waals surface area contributed by atoms with Crippen molar-refractivity contribution in [1.82, 2.24) is 5.32 Å². The van der Waals surface area contributed by atoms with Gasteiger partial charge in [-0.25, -0.2) is 0 Å². The maximum Gasteiger partial charge on any atom is 0.243 e. The summed E-state index contributed by atoms with van der Waals surface area (Å²) in [7, 11) is -1.75. The molecule has 37 heavy (non-hydrogen) atoms. The third-order valence-electron chi connectivity index (χ3n) is 6.68. The van der Waals surface area contributed by atoms with E-state index in [9.17, 15) is 18.6 Å². The number of hydrogen-bond acceptors (Lipinski definition) is 4. The molecular weight excluding hydrogens is 486 g/mol. The Morgan fingerprint density at radius 1 is 0.946 bits per heavy atom. The fourth-order valence-electron chi connectivity index (χ4n) is 4.73. The third kappa shape index (κ3) is 6.83. The zero-order valence-corrected chi connectivity index (χ0v) is 22.1. The van der Waals surface area contributed by atoms with Crippen LogP contribution in [0.25, 0.3) is 10.8 Å². The van der Waals surface area contributed by atoms with E-state index in [1.807, 2.05) is 55.5 Å². The Balaban J connectivity index is 1.52. The van der Waals surface area contributed by atoms with Crippen LogP contribution in [0.3, 0.4) is 0 Å². The van der Waals surface area contributed by atoms with Gasteiger partial charge in [-0.15, -0.1) is 0 Å². The minimum Gasteiger partial charge on any atom is -0.352 e. The number of nitrogens with zero attached hydrogens (tertiary/aromatic N) is 1. The second-order valence-electron chi connectivity index (χ2n) is 9.57. The topological polar surface area (TPSA) is 95.6 Å². The lowest BCUT2D eigenvalue weighted by atomic mass is 10.1. The first-order valence-corrected chi connectivity index (χ1v) is 14.1. The summed E-state index contributed by atoms with van der Waals surface area (Å²) in [5.41, 5.74) is 2.25. The van der Waals surface area contributed by atoms with Crippen molar-refractivity contribution in [1.29, 1.82) is 0 Å². The average Bonchev–Trinajstić information content (AvgIpc) is 3.38. The van der Waals surface area contributed by atoms with Gasteiger partial charge in [-0.1, -0.05) is 66.9 Å².